The van der Waals surface area contributed by atoms with Crippen molar-refractivity contribution in [1.29, 1.82) is 5.26 Å². The number of nitrogens with zero attached hydrogens (tertiary/aromatic N) is 3. The van der Waals surface area contributed by atoms with E-state index in [2.05, 4.69) is 22.8 Å². The number of para-hydroxylation sites is 1. The van der Waals surface area contributed by atoms with Gasteiger partial charge in [-0.05, 0) is 44.7 Å². The topological polar surface area (TPSA) is 41.6 Å². The Balaban J connectivity index is 2.10. The Morgan fingerprint density at radius 1 is 1.25 bits per heavy atom. The SMILES string of the molecule is CC(C#N)Sc1nc2c(n1-c1ccccc1)CCCC2. The minimum absolute atomic E-state index is 0.0821. The van der Waals surface area contributed by atoms with Gasteiger partial charge in [0.2, 0.25) is 0 Å². The summed E-state index contributed by atoms with van der Waals surface area (Å²) in [6.45, 7) is 1.92. The van der Waals surface area contributed by atoms with Crippen LogP contribution in [0.15, 0.2) is 35.5 Å². The van der Waals surface area contributed by atoms with E-state index in [1.807, 2.05) is 25.1 Å². The first kappa shape index (κ1) is 13.3. The second-order valence-electron chi connectivity index (χ2n) is 5.06. The fourth-order valence-electron chi connectivity index (χ4n) is 2.62. The highest BCUT2D eigenvalue weighted by atomic mass is 32.2. The molecular formula is C16H17N3S. The standard InChI is InChI=1S/C16H17N3S/c1-12(11-17)20-16-18-14-9-5-6-10-15(14)19(16)13-7-3-2-4-8-13/h2-4,7-8,12H,5-6,9-10H2,1H3. The van der Waals surface area contributed by atoms with Gasteiger partial charge in [-0.15, -0.1) is 0 Å². The average molecular weight is 283 g/mol. The van der Waals surface area contributed by atoms with E-state index in [4.69, 9.17) is 10.2 Å². The van der Waals surface area contributed by atoms with Crippen LogP contribution < -0.4 is 0 Å². The number of imidazole rings is 1. The predicted molar refractivity (Wildman–Crippen MR) is 81.1 cm³/mol. The zero-order valence-electron chi connectivity index (χ0n) is 11.5. The fourth-order valence-corrected chi connectivity index (χ4v) is 3.48. The van der Waals surface area contributed by atoms with Crippen LogP contribution in [0.1, 0.15) is 31.2 Å². The van der Waals surface area contributed by atoms with Crippen molar-refractivity contribution in [1.82, 2.24) is 9.55 Å². The van der Waals surface area contributed by atoms with Crippen LogP contribution in [0.3, 0.4) is 0 Å². The fraction of sp³-hybridized carbons (Fsp3) is 0.375. The Morgan fingerprint density at radius 3 is 2.75 bits per heavy atom. The molecule has 0 fully saturated rings. The quantitative estimate of drug-likeness (QED) is 0.805. The predicted octanol–water partition coefficient (Wildman–Crippen LogP) is 3.76. The lowest BCUT2D eigenvalue weighted by Gasteiger charge is -2.15. The molecule has 1 aromatic heterocycles. The van der Waals surface area contributed by atoms with Crippen LogP contribution in [0.5, 0.6) is 0 Å². The first-order valence-corrected chi connectivity index (χ1v) is 7.89. The largest absolute Gasteiger partial charge is 0.292 e. The number of hydrogen-bond donors (Lipinski definition) is 0. The number of thioether (sulfide) groups is 1. The van der Waals surface area contributed by atoms with Crippen molar-refractivity contribution in [2.45, 2.75) is 43.0 Å². The van der Waals surface area contributed by atoms with Crippen LogP contribution in [-0.2, 0) is 12.8 Å². The Morgan fingerprint density at radius 2 is 2.00 bits per heavy atom. The second-order valence-corrected chi connectivity index (χ2v) is 6.36. The number of fused-ring (bicyclic) bond motifs is 1. The molecule has 0 bridgehead atoms. The van der Waals surface area contributed by atoms with Crippen LogP contribution in [0.4, 0.5) is 0 Å². The van der Waals surface area contributed by atoms with E-state index in [9.17, 15) is 0 Å². The monoisotopic (exact) mass is 283 g/mol. The molecule has 0 radical (unpaired) electrons. The van der Waals surface area contributed by atoms with Crippen molar-refractivity contribution in [3.8, 4) is 11.8 Å². The molecule has 0 spiro atoms. The molecule has 1 aromatic carbocycles. The molecule has 0 saturated heterocycles. The molecule has 0 amide bonds. The minimum Gasteiger partial charge on any atom is -0.292 e. The summed E-state index contributed by atoms with van der Waals surface area (Å²) in [4.78, 5) is 4.79. The molecule has 2 aromatic rings. The van der Waals surface area contributed by atoms with Gasteiger partial charge in [0.25, 0.3) is 0 Å². The van der Waals surface area contributed by atoms with Crippen molar-refractivity contribution in [3.05, 3.63) is 41.7 Å². The summed E-state index contributed by atoms with van der Waals surface area (Å²) in [6, 6.07) is 12.6. The van der Waals surface area contributed by atoms with Gasteiger partial charge in [0.05, 0.1) is 17.0 Å². The molecule has 102 valence electrons. The molecule has 1 heterocycles. The molecular weight excluding hydrogens is 266 g/mol. The van der Waals surface area contributed by atoms with E-state index in [0.717, 1.165) is 23.7 Å². The molecule has 0 saturated carbocycles. The molecule has 1 atom stereocenters. The summed E-state index contributed by atoms with van der Waals surface area (Å²) in [5, 5.41) is 9.93. The lowest BCUT2D eigenvalue weighted by Crippen LogP contribution is -2.07. The molecule has 3 nitrogen and oxygen atoms in total. The third kappa shape index (κ3) is 2.46. The van der Waals surface area contributed by atoms with E-state index in [1.165, 1.54) is 24.2 Å². The van der Waals surface area contributed by atoms with Crippen LogP contribution in [-0.4, -0.2) is 14.8 Å². The first-order valence-electron chi connectivity index (χ1n) is 7.02. The number of aryl methyl sites for hydroxylation is 1. The van der Waals surface area contributed by atoms with Gasteiger partial charge in [0, 0.05) is 11.4 Å². The zero-order chi connectivity index (χ0) is 13.9. The van der Waals surface area contributed by atoms with Gasteiger partial charge in [0.15, 0.2) is 5.16 Å². The summed E-state index contributed by atoms with van der Waals surface area (Å²) < 4.78 is 2.24. The molecule has 3 rings (SSSR count). The Bertz CT molecular complexity index is 640. The Labute approximate surface area is 123 Å². The van der Waals surface area contributed by atoms with E-state index in [-0.39, 0.29) is 5.25 Å². The molecule has 4 heteroatoms. The zero-order valence-corrected chi connectivity index (χ0v) is 12.4. The van der Waals surface area contributed by atoms with Crippen molar-refractivity contribution < 1.29 is 0 Å². The van der Waals surface area contributed by atoms with Crippen molar-refractivity contribution in [2.75, 3.05) is 0 Å². The molecule has 0 N–H and O–H groups in total. The number of hydrogen-bond acceptors (Lipinski definition) is 3. The molecule has 1 aliphatic rings. The number of nitriles is 1. The summed E-state index contributed by atoms with van der Waals surface area (Å²) in [5.74, 6) is 0. The van der Waals surface area contributed by atoms with Gasteiger partial charge in [-0.3, -0.25) is 4.57 Å². The third-order valence-corrected chi connectivity index (χ3v) is 4.52. The average Bonchev–Trinajstić information content (AvgIpc) is 2.85. The highest BCUT2D eigenvalue weighted by molar-refractivity contribution is 8.00. The number of rotatable bonds is 3. The van der Waals surface area contributed by atoms with Crippen molar-refractivity contribution >= 4 is 11.8 Å². The van der Waals surface area contributed by atoms with Crippen LogP contribution >= 0.6 is 11.8 Å². The third-order valence-electron chi connectivity index (χ3n) is 3.58. The Kier molecular flexibility index (Phi) is 3.79. The van der Waals surface area contributed by atoms with Gasteiger partial charge in [-0.2, -0.15) is 5.26 Å². The first-order chi connectivity index (χ1) is 9.79. The second kappa shape index (κ2) is 5.72. The minimum atomic E-state index is -0.0821. The van der Waals surface area contributed by atoms with Crippen molar-refractivity contribution in [2.24, 2.45) is 0 Å². The lowest BCUT2D eigenvalue weighted by molar-refractivity contribution is 0.654. The van der Waals surface area contributed by atoms with Gasteiger partial charge in [-0.1, -0.05) is 30.0 Å². The van der Waals surface area contributed by atoms with Gasteiger partial charge < -0.3 is 0 Å². The maximum absolute atomic E-state index is 9.05. The van der Waals surface area contributed by atoms with E-state index >= 15 is 0 Å². The summed E-state index contributed by atoms with van der Waals surface area (Å²) in [6.07, 6.45) is 4.59. The molecule has 1 unspecified atom stereocenters. The van der Waals surface area contributed by atoms with E-state index in [1.54, 1.807) is 11.8 Å². The van der Waals surface area contributed by atoms with Gasteiger partial charge >= 0.3 is 0 Å². The summed E-state index contributed by atoms with van der Waals surface area (Å²) >= 11 is 1.55. The van der Waals surface area contributed by atoms with Crippen LogP contribution in [0.2, 0.25) is 0 Å². The van der Waals surface area contributed by atoms with Crippen LogP contribution in [0.25, 0.3) is 5.69 Å². The molecule has 20 heavy (non-hydrogen) atoms. The Hall–Kier alpha value is -1.73. The van der Waals surface area contributed by atoms with Crippen molar-refractivity contribution in [3.63, 3.8) is 0 Å². The molecule has 0 aliphatic heterocycles. The van der Waals surface area contributed by atoms with E-state index < -0.39 is 0 Å². The summed E-state index contributed by atoms with van der Waals surface area (Å²) in [7, 11) is 0. The highest BCUT2D eigenvalue weighted by Crippen LogP contribution is 2.32. The van der Waals surface area contributed by atoms with E-state index in [0.29, 0.717) is 0 Å². The number of aromatic nitrogens is 2. The van der Waals surface area contributed by atoms with Gasteiger partial charge in [-0.25, -0.2) is 4.98 Å². The maximum Gasteiger partial charge on any atom is 0.174 e. The lowest BCUT2D eigenvalue weighted by atomic mass is 10.0. The number of benzene rings is 1. The highest BCUT2D eigenvalue weighted by Gasteiger charge is 2.22. The van der Waals surface area contributed by atoms with Crippen LogP contribution in [0, 0.1) is 11.3 Å². The maximum atomic E-state index is 9.05. The molecule has 1 aliphatic carbocycles. The summed E-state index contributed by atoms with van der Waals surface area (Å²) in [5.41, 5.74) is 3.69. The normalized spacial score (nSPS) is 15.4. The van der Waals surface area contributed by atoms with Gasteiger partial charge in [0.1, 0.15) is 0 Å². The smallest absolute Gasteiger partial charge is 0.174 e.